The summed E-state index contributed by atoms with van der Waals surface area (Å²) < 4.78 is 9.10. The zero-order valence-electron chi connectivity index (χ0n) is 13.6. The van der Waals surface area contributed by atoms with Gasteiger partial charge in [0.25, 0.3) is 5.56 Å². The highest BCUT2D eigenvalue weighted by Crippen LogP contribution is 2.29. The van der Waals surface area contributed by atoms with Crippen LogP contribution < -0.4 is 5.56 Å². The van der Waals surface area contributed by atoms with E-state index < -0.39 is 5.97 Å². The molecule has 3 heterocycles. The van der Waals surface area contributed by atoms with Gasteiger partial charge in [0.05, 0.1) is 16.8 Å². The molecule has 0 bridgehead atoms. The average molecular weight is 333 g/mol. The maximum atomic E-state index is 12.7. The topological polar surface area (TPSA) is 65.6 Å². The number of ether oxygens (including phenoxy) is 1. The van der Waals surface area contributed by atoms with Crippen molar-refractivity contribution < 1.29 is 9.53 Å². The summed E-state index contributed by atoms with van der Waals surface area (Å²) in [5.74, 6) is 0.421. The van der Waals surface area contributed by atoms with E-state index in [4.69, 9.17) is 4.74 Å². The van der Waals surface area contributed by atoms with Crippen molar-refractivity contribution in [3.63, 3.8) is 0 Å². The van der Waals surface area contributed by atoms with Crippen LogP contribution in [-0.4, -0.2) is 26.8 Å². The van der Waals surface area contributed by atoms with Crippen molar-refractivity contribution in [3.8, 4) is 0 Å². The van der Waals surface area contributed by atoms with Crippen LogP contribution in [0.15, 0.2) is 16.9 Å². The van der Waals surface area contributed by atoms with Crippen molar-refractivity contribution >= 4 is 33.0 Å². The van der Waals surface area contributed by atoms with E-state index in [1.54, 1.807) is 18.3 Å². The zero-order valence-corrected chi connectivity index (χ0v) is 14.4. The second kappa shape index (κ2) is 5.81. The Morgan fingerprint density at radius 3 is 2.74 bits per heavy atom. The van der Waals surface area contributed by atoms with Gasteiger partial charge in [-0.1, -0.05) is 13.8 Å². The number of hydrogen-bond acceptors (Lipinski definition) is 5. The van der Waals surface area contributed by atoms with Gasteiger partial charge in [-0.2, -0.15) is 5.10 Å². The van der Waals surface area contributed by atoms with Crippen molar-refractivity contribution in [1.29, 1.82) is 0 Å². The lowest BCUT2D eigenvalue weighted by atomic mass is 10.2. The van der Waals surface area contributed by atoms with Crippen LogP contribution in [0.25, 0.3) is 15.7 Å². The highest BCUT2D eigenvalue weighted by atomic mass is 32.1. The number of rotatable bonds is 4. The molecule has 7 heteroatoms. The zero-order chi connectivity index (χ0) is 16.7. The molecule has 0 fully saturated rings. The van der Waals surface area contributed by atoms with Crippen molar-refractivity contribution in [2.45, 2.75) is 40.2 Å². The molecule has 0 aliphatic heterocycles. The third kappa shape index (κ3) is 2.65. The lowest BCUT2D eigenvalue weighted by Crippen LogP contribution is -2.31. The molecule has 122 valence electrons. The highest BCUT2D eigenvalue weighted by molar-refractivity contribution is 7.19. The first kappa shape index (κ1) is 15.7. The lowest BCUT2D eigenvalue weighted by Gasteiger charge is -2.12. The number of aromatic nitrogens is 3. The molecule has 0 N–H and O–H groups in total. The summed E-state index contributed by atoms with van der Waals surface area (Å²) in [4.78, 5) is 25.6. The van der Waals surface area contributed by atoms with E-state index in [1.165, 1.54) is 9.56 Å². The van der Waals surface area contributed by atoms with E-state index in [0.717, 1.165) is 16.0 Å². The number of carbonyl (C=O) groups is 1. The number of aryl methyl sites for hydroxylation is 1. The van der Waals surface area contributed by atoms with Crippen LogP contribution in [0, 0.1) is 6.92 Å². The van der Waals surface area contributed by atoms with Crippen LogP contribution in [0.2, 0.25) is 0 Å². The summed E-state index contributed by atoms with van der Waals surface area (Å²) in [6.45, 7) is 7.94. The number of fused-ring (bicyclic) bond motifs is 3. The van der Waals surface area contributed by atoms with E-state index >= 15 is 0 Å². The first-order valence-electron chi connectivity index (χ1n) is 7.60. The van der Waals surface area contributed by atoms with Crippen LogP contribution in [0.5, 0.6) is 0 Å². The molecule has 3 aromatic rings. The minimum absolute atomic E-state index is 0.113. The predicted molar refractivity (Wildman–Crippen MR) is 90.3 cm³/mol. The lowest BCUT2D eigenvalue weighted by molar-refractivity contribution is -0.144. The molecule has 0 radical (unpaired) electrons. The van der Waals surface area contributed by atoms with Gasteiger partial charge in [-0.3, -0.25) is 14.0 Å². The molecule has 0 saturated carbocycles. The fourth-order valence-corrected chi connectivity index (χ4v) is 3.62. The van der Waals surface area contributed by atoms with E-state index in [-0.39, 0.29) is 24.6 Å². The Hall–Kier alpha value is -2.15. The first-order valence-corrected chi connectivity index (χ1v) is 8.42. The maximum absolute atomic E-state index is 12.7. The van der Waals surface area contributed by atoms with Crippen LogP contribution in [-0.2, 0) is 16.1 Å². The van der Waals surface area contributed by atoms with E-state index in [1.807, 2.05) is 31.2 Å². The molecule has 0 amide bonds. The normalized spacial score (nSPS) is 11.7. The number of esters is 1. The molecule has 0 aliphatic carbocycles. The summed E-state index contributed by atoms with van der Waals surface area (Å²) in [7, 11) is 0. The van der Waals surface area contributed by atoms with Crippen molar-refractivity contribution in [1.82, 2.24) is 14.2 Å². The Labute approximate surface area is 137 Å². The average Bonchev–Trinajstić information content (AvgIpc) is 2.98. The van der Waals surface area contributed by atoms with E-state index in [0.29, 0.717) is 5.52 Å². The summed E-state index contributed by atoms with van der Waals surface area (Å²) in [6.07, 6.45) is 0. The van der Waals surface area contributed by atoms with Crippen molar-refractivity contribution in [2.75, 3.05) is 6.61 Å². The Bertz CT molecular complexity index is 949. The van der Waals surface area contributed by atoms with Gasteiger partial charge in [0.1, 0.15) is 17.9 Å². The predicted octanol–water partition coefficient (Wildman–Crippen LogP) is 2.71. The van der Waals surface area contributed by atoms with Crippen LogP contribution >= 0.6 is 11.3 Å². The smallest absolute Gasteiger partial charge is 0.327 e. The second-order valence-corrected chi connectivity index (χ2v) is 7.04. The molecule has 3 aromatic heterocycles. The molecule has 6 nitrogen and oxygen atoms in total. The minimum atomic E-state index is -0.453. The summed E-state index contributed by atoms with van der Waals surface area (Å²) in [5, 5.41) is 4.42. The van der Waals surface area contributed by atoms with Gasteiger partial charge in [0.15, 0.2) is 0 Å². The SMILES string of the molecule is CCOC(=O)Cn1nc(C(C)C)n2c(cc3sc(C)cc32)c1=O. The summed E-state index contributed by atoms with van der Waals surface area (Å²) >= 11 is 1.65. The molecule has 0 spiro atoms. The first-order chi connectivity index (χ1) is 10.9. The molecule has 0 aliphatic rings. The van der Waals surface area contributed by atoms with Crippen molar-refractivity contribution in [3.05, 3.63) is 33.2 Å². The molecule has 3 rings (SSSR count). The van der Waals surface area contributed by atoms with Crippen LogP contribution in [0.1, 0.15) is 37.4 Å². The number of carbonyl (C=O) groups excluding carboxylic acids is 1. The molecule has 0 saturated heterocycles. The van der Waals surface area contributed by atoms with E-state index in [2.05, 4.69) is 11.2 Å². The Kier molecular flexibility index (Phi) is 3.97. The Morgan fingerprint density at radius 2 is 2.09 bits per heavy atom. The molecule has 0 unspecified atom stereocenters. The second-order valence-electron chi connectivity index (χ2n) is 5.75. The van der Waals surface area contributed by atoms with Gasteiger partial charge in [-0.05, 0) is 26.0 Å². The number of nitrogens with zero attached hydrogens (tertiary/aromatic N) is 3. The minimum Gasteiger partial charge on any atom is -0.465 e. The maximum Gasteiger partial charge on any atom is 0.327 e. The van der Waals surface area contributed by atoms with Gasteiger partial charge < -0.3 is 4.74 Å². The van der Waals surface area contributed by atoms with Gasteiger partial charge in [0, 0.05) is 10.8 Å². The Morgan fingerprint density at radius 1 is 1.35 bits per heavy atom. The third-order valence-corrected chi connectivity index (χ3v) is 4.61. The van der Waals surface area contributed by atoms with Crippen LogP contribution in [0.4, 0.5) is 0 Å². The standard InChI is InChI=1S/C16H19N3O3S/c1-5-22-14(20)8-18-16(21)12-7-13-11(6-10(4)23-13)19(12)15(17-18)9(2)3/h6-7,9H,5,8H2,1-4H3. The highest BCUT2D eigenvalue weighted by Gasteiger charge is 2.19. The summed E-state index contributed by atoms with van der Waals surface area (Å²) in [5.41, 5.74) is 1.27. The largest absolute Gasteiger partial charge is 0.465 e. The van der Waals surface area contributed by atoms with Gasteiger partial charge in [-0.25, -0.2) is 4.68 Å². The molecule has 23 heavy (non-hydrogen) atoms. The quantitative estimate of drug-likeness (QED) is 0.689. The summed E-state index contributed by atoms with van der Waals surface area (Å²) in [6, 6.07) is 3.94. The Balaban J connectivity index is 2.26. The number of hydrogen-bond donors (Lipinski definition) is 0. The van der Waals surface area contributed by atoms with Gasteiger partial charge in [0.2, 0.25) is 0 Å². The molecular formula is C16H19N3O3S. The number of thiophene rings is 1. The van der Waals surface area contributed by atoms with Crippen molar-refractivity contribution in [2.24, 2.45) is 0 Å². The molecule has 0 aromatic carbocycles. The fourth-order valence-electron chi connectivity index (χ4n) is 2.68. The van der Waals surface area contributed by atoms with Gasteiger partial charge >= 0.3 is 5.97 Å². The fraction of sp³-hybridized carbons (Fsp3) is 0.438. The molecular weight excluding hydrogens is 314 g/mol. The molecule has 0 atom stereocenters. The third-order valence-electron chi connectivity index (χ3n) is 3.62. The monoisotopic (exact) mass is 333 g/mol. The van der Waals surface area contributed by atoms with Gasteiger partial charge in [-0.15, -0.1) is 11.3 Å². The van der Waals surface area contributed by atoms with Crippen LogP contribution in [0.3, 0.4) is 0 Å². The van der Waals surface area contributed by atoms with E-state index in [9.17, 15) is 9.59 Å².